The maximum Gasteiger partial charge on any atom is 0.227 e. The van der Waals surface area contributed by atoms with E-state index in [1.165, 1.54) is 0 Å². The predicted octanol–water partition coefficient (Wildman–Crippen LogP) is 2.77. The molecule has 2 fully saturated rings. The van der Waals surface area contributed by atoms with Crippen LogP contribution in [0.3, 0.4) is 0 Å². The van der Waals surface area contributed by atoms with Gasteiger partial charge in [0, 0.05) is 25.8 Å². The second-order valence-corrected chi connectivity index (χ2v) is 7.64. The van der Waals surface area contributed by atoms with Gasteiger partial charge in [0.25, 0.3) is 0 Å². The first kappa shape index (κ1) is 16.3. The molecular formula is C21H23N5O. The van der Waals surface area contributed by atoms with Crippen LogP contribution in [0, 0.1) is 0 Å². The lowest BCUT2D eigenvalue weighted by molar-refractivity contribution is -0.133. The number of nitrogens with zero attached hydrogens (tertiary/aromatic N) is 4. The Balaban J connectivity index is 1.39. The fourth-order valence-corrected chi connectivity index (χ4v) is 4.30. The van der Waals surface area contributed by atoms with E-state index in [1.807, 2.05) is 42.6 Å². The zero-order valence-corrected chi connectivity index (χ0v) is 15.3. The van der Waals surface area contributed by atoms with Crippen LogP contribution < -0.4 is 4.90 Å². The molecule has 1 spiro atoms. The van der Waals surface area contributed by atoms with Gasteiger partial charge in [-0.25, -0.2) is 9.97 Å². The zero-order chi connectivity index (χ0) is 18.3. The van der Waals surface area contributed by atoms with Crippen LogP contribution in [0.2, 0.25) is 0 Å². The summed E-state index contributed by atoms with van der Waals surface area (Å²) < 4.78 is 0. The van der Waals surface area contributed by atoms with Gasteiger partial charge >= 0.3 is 0 Å². The molecule has 1 saturated heterocycles. The molecule has 1 aliphatic carbocycles. The molecule has 2 aromatic heterocycles. The number of nitrogens with one attached hydrogen (secondary N) is 1. The van der Waals surface area contributed by atoms with Crippen LogP contribution in [0.25, 0.3) is 11.0 Å². The Hall–Kier alpha value is -2.89. The molecule has 1 saturated carbocycles. The Morgan fingerprint density at radius 1 is 1.11 bits per heavy atom. The minimum atomic E-state index is -0.0318. The number of H-pyrrole nitrogens is 1. The van der Waals surface area contributed by atoms with E-state index >= 15 is 0 Å². The number of hydrogen-bond acceptors (Lipinski definition) is 4. The molecule has 1 aliphatic heterocycles. The van der Waals surface area contributed by atoms with Crippen LogP contribution >= 0.6 is 0 Å². The van der Waals surface area contributed by atoms with E-state index in [9.17, 15) is 4.79 Å². The summed E-state index contributed by atoms with van der Waals surface area (Å²) in [7, 11) is 0. The summed E-state index contributed by atoms with van der Waals surface area (Å²) >= 11 is 0. The van der Waals surface area contributed by atoms with Gasteiger partial charge in [0.05, 0.1) is 17.3 Å². The van der Waals surface area contributed by atoms with Crippen molar-refractivity contribution in [1.29, 1.82) is 0 Å². The van der Waals surface area contributed by atoms with Crippen LogP contribution in [0.5, 0.6) is 0 Å². The molecule has 0 unspecified atom stereocenters. The molecule has 1 amide bonds. The number of carbonyl (C=O) groups is 1. The average Bonchev–Trinajstić information content (AvgIpc) is 3.35. The number of amides is 1. The van der Waals surface area contributed by atoms with Gasteiger partial charge in [0.15, 0.2) is 0 Å². The first-order chi connectivity index (χ1) is 13.3. The van der Waals surface area contributed by atoms with Crippen molar-refractivity contribution in [2.45, 2.75) is 31.2 Å². The summed E-state index contributed by atoms with van der Waals surface area (Å²) in [6.07, 6.45) is 7.12. The SMILES string of the molecule is O=C(Cc1ccccc1)N1CCCN(c2ncnc3[nH]ccc23)CC12CC2. The fraction of sp³-hybridized carbons (Fsp3) is 0.381. The van der Waals surface area contributed by atoms with E-state index in [-0.39, 0.29) is 11.4 Å². The van der Waals surface area contributed by atoms with Gasteiger partial charge in [0.2, 0.25) is 5.91 Å². The van der Waals surface area contributed by atoms with Crippen LogP contribution in [-0.2, 0) is 11.2 Å². The minimum absolute atomic E-state index is 0.0318. The van der Waals surface area contributed by atoms with Crippen molar-refractivity contribution >= 4 is 22.8 Å². The van der Waals surface area contributed by atoms with Crippen LogP contribution in [0.4, 0.5) is 5.82 Å². The lowest BCUT2D eigenvalue weighted by Crippen LogP contribution is -2.47. The van der Waals surface area contributed by atoms with Crippen molar-refractivity contribution in [3.8, 4) is 0 Å². The highest BCUT2D eigenvalue weighted by atomic mass is 16.2. The Labute approximate surface area is 158 Å². The summed E-state index contributed by atoms with van der Waals surface area (Å²) in [6, 6.07) is 12.1. The third-order valence-corrected chi connectivity index (χ3v) is 5.83. The number of hydrogen-bond donors (Lipinski definition) is 1. The van der Waals surface area contributed by atoms with Gasteiger partial charge in [-0.05, 0) is 30.9 Å². The highest BCUT2D eigenvalue weighted by Crippen LogP contribution is 2.45. The maximum atomic E-state index is 13.1. The minimum Gasteiger partial charge on any atom is -0.354 e. The van der Waals surface area contributed by atoms with Crippen LogP contribution in [-0.4, -0.2) is 50.9 Å². The maximum absolute atomic E-state index is 13.1. The van der Waals surface area contributed by atoms with Crippen molar-refractivity contribution in [1.82, 2.24) is 19.9 Å². The molecule has 5 rings (SSSR count). The topological polar surface area (TPSA) is 65.1 Å². The van der Waals surface area contributed by atoms with E-state index in [0.29, 0.717) is 6.42 Å². The van der Waals surface area contributed by atoms with Crippen LogP contribution in [0.1, 0.15) is 24.8 Å². The lowest BCUT2D eigenvalue weighted by atomic mass is 10.1. The fourth-order valence-electron chi connectivity index (χ4n) is 4.30. The molecule has 0 atom stereocenters. The molecule has 2 aliphatic rings. The number of fused-ring (bicyclic) bond motifs is 1. The van der Waals surface area contributed by atoms with Crippen molar-refractivity contribution in [3.63, 3.8) is 0 Å². The molecular weight excluding hydrogens is 338 g/mol. The first-order valence-electron chi connectivity index (χ1n) is 9.63. The smallest absolute Gasteiger partial charge is 0.227 e. The quantitative estimate of drug-likeness (QED) is 0.779. The number of anilines is 1. The van der Waals surface area contributed by atoms with Gasteiger partial charge in [-0.1, -0.05) is 30.3 Å². The molecule has 3 heterocycles. The van der Waals surface area contributed by atoms with E-state index in [2.05, 4.69) is 24.8 Å². The third-order valence-electron chi connectivity index (χ3n) is 5.83. The van der Waals surface area contributed by atoms with Crippen LogP contribution in [0.15, 0.2) is 48.9 Å². The number of benzene rings is 1. The number of aromatic nitrogens is 3. The van der Waals surface area contributed by atoms with E-state index in [4.69, 9.17) is 0 Å². The van der Waals surface area contributed by atoms with Crippen molar-refractivity contribution in [2.75, 3.05) is 24.5 Å². The van der Waals surface area contributed by atoms with Gasteiger partial charge in [-0.3, -0.25) is 4.79 Å². The summed E-state index contributed by atoms with van der Waals surface area (Å²) in [5.74, 6) is 1.22. The second-order valence-electron chi connectivity index (χ2n) is 7.64. The van der Waals surface area contributed by atoms with Gasteiger partial charge < -0.3 is 14.8 Å². The molecule has 138 valence electrons. The number of aromatic amines is 1. The number of carbonyl (C=O) groups excluding carboxylic acids is 1. The molecule has 0 radical (unpaired) electrons. The standard InChI is InChI=1S/C21H23N5O/c27-18(13-16-5-2-1-3-6-16)26-12-4-11-25(14-21(26)8-9-21)20-17-7-10-22-19(17)23-15-24-20/h1-3,5-7,10,15H,4,8-9,11-14H2,(H,22,23,24). The average molecular weight is 361 g/mol. The summed E-state index contributed by atoms with van der Waals surface area (Å²) in [5.41, 5.74) is 1.92. The monoisotopic (exact) mass is 361 g/mol. The summed E-state index contributed by atoms with van der Waals surface area (Å²) in [5, 5.41) is 1.05. The molecule has 3 aromatic rings. The lowest BCUT2D eigenvalue weighted by Gasteiger charge is -2.32. The van der Waals surface area contributed by atoms with Gasteiger partial charge in [0.1, 0.15) is 17.8 Å². The molecule has 6 nitrogen and oxygen atoms in total. The van der Waals surface area contributed by atoms with E-state index < -0.39 is 0 Å². The normalized spacial score (nSPS) is 18.7. The van der Waals surface area contributed by atoms with Crippen molar-refractivity contribution < 1.29 is 4.79 Å². The van der Waals surface area contributed by atoms with E-state index in [0.717, 1.165) is 61.3 Å². The molecule has 0 bridgehead atoms. The Kier molecular flexibility index (Phi) is 3.85. The molecule has 6 heteroatoms. The third kappa shape index (κ3) is 2.95. The second kappa shape index (κ2) is 6.37. The zero-order valence-electron chi connectivity index (χ0n) is 15.3. The largest absolute Gasteiger partial charge is 0.354 e. The molecule has 1 N–H and O–H groups in total. The summed E-state index contributed by atoms with van der Waals surface area (Å²) in [6.45, 7) is 2.59. The van der Waals surface area contributed by atoms with E-state index in [1.54, 1.807) is 6.33 Å². The predicted molar refractivity (Wildman–Crippen MR) is 105 cm³/mol. The number of rotatable bonds is 3. The molecule has 1 aromatic carbocycles. The molecule has 27 heavy (non-hydrogen) atoms. The Morgan fingerprint density at radius 3 is 2.78 bits per heavy atom. The highest BCUT2D eigenvalue weighted by molar-refractivity contribution is 5.87. The summed E-state index contributed by atoms with van der Waals surface area (Å²) in [4.78, 5) is 29.6. The van der Waals surface area contributed by atoms with Crippen molar-refractivity contribution in [3.05, 3.63) is 54.5 Å². The Morgan fingerprint density at radius 2 is 1.96 bits per heavy atom. The Bertz CT molecular complexity index is 963. The van der Waals surface area contributed by atoms with Crippen molar-refractivity contribution in [2.24, 2.45) is 0 Å². The van der Waals surface area contributed by atoms with Gasteiger partial charge in [-0.2, -0.15) is 0 Å². The highest BCUT2D eigenvalue weighted by Gasteiger charge is 2.52. The first-order valence-corrected chi connectivity index (χ1v) is 9.63. The van der Waals surface area contributed by atoms with Gasteiger partial charge in [-0.15, -0.1) is 0 Å².